The maximum Gasteiger partial charge on any atom is 0.133 e. The third-order valence-electron chi connectivity index (χ3n) is 4.21. The van der Waals surface area contributed by atoms with Gasteiger partial charge < -0.3 is 16.9 Å². The van der Waals surface area contributed by atoms with E-state index in [0.29, 0.717) is 6.04 Å². The third kappa shape index (κ3) is 7.15. The topological polar surface area (TPSA) is 0 Å². The number of likely N-dealkylation sites (N-methyl/N-ethyl adjacent to an activating group) is 1. The molecule has 0 radical (unpaired) electrons. The van der Waals surface area contributed by atoms with Gasteiger partial charge in [-0.1, -0.05) is 69.5 Å². The maximum absolute atomic E-state index is 4.06. The molecule has 1 rings (SSSR count). The van der Waals surface area contributed by atoms with Gasteiger partial charge in [0.1, 0.15) is 6.04 Å². The van der Waals surface area contributed by atoms with Crippen molar-refractivity contribution in [3.8, 4) is 0 Å². The largest absolute Gasteiger partial charge is 1.00 e. The Hall–Kier alpha value is -0.790. The summed E-state index contributed by atoms with van der Waals surface area (Å²) in [7, 11) is 4.65. The maximum atomic E-state index is 4.06. The summed E-state index contributed by atoms with van der Waals surface area (Å²) in [5.41, 5.74) is 1.37. The van der Waals surface area contributed by atoms with Crippen molar-refractivity contribution in [2.75, 3.05) is 20.6 Å². The highest BCUT2D eigenvalue weighted by Crippen LogP contribution is 2.26. The molecule has 0 fully saturated rings. The van der Waals surface area contributed by atoms with Crippen molar-refractivity contribution >= 4 is 0 Å². The van der Waals surface area contributed by atoms with Gasteiger partial charge in [0, 0.05) is 5.56 Å². The highest BCUT2D eigenvalue weighted by Gasteiger charge is 2.26. The number of rotatable bonds is 10. The molecule has 2 heteroatoms. The van der Waals surface area contributed by atoms with Crippen molar-refractivity contribution in [3.05, 3.63) is 48.6 Å². The summed E-state index contributed by atoms with van der Waals surface area (Å²) in [6, 6.07) is 11.2. The second-order valence-corrected chi connectivity index (χ2v) is 6.36. The number of halogens is 1. The van der Waals surface area contributed by atoms with Crippen LogP contribution in [0.2, 0.25) is 0 Å². The van der Waals surface area contributed by atoms with Gasteiger partial charge in [-0.15, -0.1) is 0 Å². The Bertz CT molecular complexity index is 372. The summed E-state index contributed by atoms with van der Waals surface area (Å²) in [6.45, 7) is 7.55. The lowest BCUT2D eigenvalue weighted by molar-refractivity contribution is -0.914. The van der Waals surface area contributed by atoms with E-state index in [2.05, 4.69) is 64.0 Å². The van der Waals surface area contributed by atoms with Crippen molar-refractivity contribution in [1.82, 2.24) is 0 Å². The molecule has 0 aliphatic rings. The fourth-order valence-electron chi connectivity index (χ4n) is 2.91. The molecule has 0 saturated heterocycles. The first-order valence-corrected chi connectivity index (χ1v) is 8.12. The van der Waals surface area contributed by atoms with Crippen LogP contribution in [0.15, 0.2) is 43.0 Å². The fraction of sp³-hybridized carbons (Fsp3) is 0.579. The minimum Gasteiger partial charge on any atom is -1.00 e. The summed E-state index contributed by atoms with van der Waals surface area (Å²) in [5.74, 6) is 0. The molecule has 0 N–H and O–H groups in total. The van der Waals surface area contributed by atoms with E-state index < -0.39 is 0 Å². The number of quaternary nitrogens is 1. The van der Waals surface area contributed by atoms with E-state index in [1.807, 2.05) is 0 Å². The average Bonchev–Trinajstić information content (AvgIpc) is 2.44. The quantitative estimate of drug-likeness (QED) is 0.354. The molecule has 1 aromatic carbocycles. The van der Waals surface area contributed by atoms with Crippen LogP contribution in [0.5, 0.6) is 0 Å². The number of hydrogen-bond donors (Lipinski definition) is 0. The lowest BCUT2D eigenvalue weighted by atomic mass is 10.0. The molecular weight excluding hydrogens is 278 g/mol. The fourth-order valence-corrected chi connectivity index (χ4v) is 2.91. The summed E-state index contributed by atoms with van der Waals surface area (Å²) >= 11 is 0. The zero-order chi connectivity index (χ0) is 14.8. The van der Waals surface area contributed by atoms with Gasteiger partial charge in [0.15, 0.2) is 0 Å². The van der Waals surface area contributed by atoms with Crippen LogP contribution in [0.4, 0.5) is 0 Å². The number of benzene rings is 1. The van der Waals surface area contributed by atoms with E-state index in [1.54, 1.807) is 0 Å². The van der Waals surface area contributed by atoms with Gasteiger partial charge in [-0.05, 0) is 18.9 Å². The van der Waals surface area contributed by atoms with Crippen LogP contribution in [-0.2, 0) is 0 Å². The second-order valence-electron chi connectivity index (χ2n) is 6.36. The van der Waals surface area contributed by atoms with Crippen LogP contribution < -0.4 is 12.4 Å². The minimum atomic E-state index is 0. The van der Waals surface area contributed by atoms with Gasteiger partial charge >= 0.3 is 0 Å². The molecule has 21 heavy (non-hydrogen) atoms. The Kier molecular flexibility index (Phi) is 10.5. The molecular formula is C19H32ClN. The molecule has 120 valence electrons. The van der Waals surface area contributed by atoms with Gasteiger partial charge in [0.2, 0.25) is 0 Å². The molecule has 0 amide bonds. The normalized spacial score (nSPS) is 12.5. The van der Waals surface area contributed by atoms with Crippen LogP contribution >= 0.6 is 0 Å². The Morgan fingerprint density at radius 3 is 2.14 bits per heavy atom. The van der Waals surface area contributed by atoms with Gasteiger partial charge in [-0.25, -0.2) is 0 Å². The van der Waals surface area contributed by atoms with E-state index in [0.717, 1.165) is 4.48 Å². The molecule has 0 heterocycles. The van der Waals surface area contributed by atoms with Gasteiger partial charge in [-0.2, -0.15) is 0 Å². The molecule has 0 saturated carbocycles. The first kappa shape index (κ1) is 20.2. The predicted molar refractivity (Wildman–Crippen MR) is 89.7 cm³/mol. The molecule has 0 aliphatic carbocycles. The van der Waals surface area contributed by atoms with Crippen molar-refractivity contribution in [2.24, 2.45) is 0 Å². The highest BCUT2D eigenvalue weighted by molar-refractivity contribution is 5.20. The van der Waals surface area contributed by atoms with E-state index in [1.165, 1.54) is 50.6 Å². The van der Waals surface area contributed by atoms with Crippen LogP contribution in [0.3, 0.4) is 0 Å². The third-order valence-corrected chi connectivity index (χ3v) is 4.21. The van der Waals surface area contributed by atoms with E-state index in [-0.39, 0.29) is 12.4 Å². The smallest absolute Gasteiger partial charge is 0.133 e. The zero-order valence-corrected chi connectivity index (χ0v) is 14.8. The summed E-state index contributed by atoms with van der Waals surface area (Å²) in [5, 5.41) is 0. The molecule has 1 nitrogen and oxygen atoms in total. The van der Waals surface area contributed by atoms with Crippen LogP contribution in [-0.4, -0.2) is 25.1 Å². The zero-order valence-electron chi connectivity index (χ0n) is 14.0. The summed E-state index contributed by atoms with van der Waals surface area (Å²) < 4.78 is 1.00. The van der Waals surface area contributed by atoms with Gasteiger partial charge in [-0.3, -0.25) is 0 Å². The monoisotopic (exact) mass is 309 g/mol. The Morgan fingerprint density at radius 1 is 1.00 bits per heavy atom. The van der Waals surface area contributed by atoms with Crippen molar-refractivity contribution in [1.29, 1.82) is 0 Å². The average molecular weight is 310 g/mol. The standard InChI is InChI=1S/C19H32N.ClH/c1-5-7-8-9-10-14-17-20(3,4)19(6-2)18-15-12-11-13-16-18;/h6,11-13,15-16,19H,2,5,7-10,14,17H2,1,3-4H3;1H/q+1;/p-1. The van der Waals surface area contributed by atoms with Crippen molar-refractivity contribution < 1.29 is 16.9 Å². The van der Waals surface area contributed by atoms with Crippen molar-refractivity contribution in [2.45, 2.75) is 51.5 Å². The first-order chi connectivity index (χ1) is 9.61. The lowest BCUT2D eigenvalue weighted by Gasteiger charge is -2.37. The lowest BCUT2D eigenvalue weighted by Crippen LogP contribution is -3.00. The van der Waals surface area contributed by atoms with Crippen LogP contribution in [0.1, 0.15) is 57.1 Å². The summed E-state index contributed by atoms with van der Waals surface area (Å²) in [4.78, 5) is 0. The molecule has 0 spiro atoms. The minimum absolute atomic E-state index is 0. The molecule has 0 aromatic heterocycles. The summed E-state index contributed by atoms with van der Waals surface area (Å²) in [6.07, 6.45) is 10.3. The van der Waals surface area contributed by atoms with E-state index in [9.17, 15) is 0 Å². The van der Waals surface area contributed by atoms with Crippen molar-refractivity contribution in [3.63, 3.8) is 0 Å². The SMILES string of the molecule is C=CC(c1ccccc1)[N+](C)(C)CCCCCCCC.[Cl-]. The first-order valence-electron chi connectivity index (χ1n) is 8.12. The number of hydrogen-bond acceptors (Lipinski definition) is 0. The van der Waals surface area contributed by atoms with E-state index in [4.69, 9.17) is 0 Å². The highest BCUT2D eigenvalue weighted by atomic mass is 35.5. The predicted octanol–water partition coefficient (Wildman–Crippen LogP) is 2.35. The Balaban J connectivity index is 0.00000400. The molecule has 0 bridgehead atoms. The van der Waals surface area contributed by atoms with Gasteiger partial charge in [0.25, 0.3) is 0 Å². The van der Waals surface area contributed by atoms with Crippen LogP contribution in [0, 0.1) is 0 Å². The van der Waals surface area contributed by atoms with Gasteiger partial charge in [0.05, 0.1) is 20.6 Å². The van der Waals surface area contributed by atoms with Crippen LogP contribution in [0.25, 0.3) is 0 Å². The number of nitrogens with zero attached hydrogens (tertiary/aromatic N) is 1. The Morgan fingerprint density at radius 2 is 1.57 bits per heavy atom. The molecule has 1 aromatic rings. The molecule has 1 unspecified atom stereocenters. The molecule has 1 atom stereocenters. The van der Waals surface area contributed by atoms with E-state index >= 15 is 0 Å². The molecule has 0 aliphatic heterocycles. The number of unbranched alkanes of at least 4 members (excludes halogenated alkanes) is 5. The Labute approximate surface area is 138 Å². The second kappa shape index (κ2) is 10.9.